The quantitative estimate of drug-likeness (QED) is 0.384. The standard InChI is InChI=1S/C28H26ClNO6S/c1-35-16-23(31)30-20(12-11-17-7-4-3-5-8-17)25(27(32)21-13-14-22(29)37-21)24(26(30)28(33)34)18-9-6-10-19(15-18)36-2/h3-15,20,24-26H,16H2,1-2H3,(H,33,34). The number of ether oxygens (including phenoxy) is 2. The number of likely N-dealkylation sites (tertiary alicyclic amines) is 1. The molecule has 192 valence electrons. The molecule has 2 heterocycles. The van der Waals surface area contributed by atoms with Crippen molar-refractivity contribution in [2.75, 3.05) is 20.8 Å². The normalized spacial score (nSPS) is 21.3. The highest BCUT2D eigenvalue weighted by atomic mass is 35.5. The number of methoxy groups -OCH3 is 2. The number of carbonyl (C=O) groups is 3. The highest BCUT2D eigenvalue weighted by Gasteiger charge is 2.56. The fourth-order valence-electron chi connectivity index (χ4n) is 4.89. The van der Waals surface area contributed by atoms with Crippen molar-refractivity contribution in [3.05, 3.63) is 93.1 Å². The maximum absolute atomic E-state index is 14.0. The number of nitrogens with zero attached hydrogens (tertiary/aromatic N) is 1. The fourth-order valence-corrected chi connectivity index (χ4v) is 5.92. The molecule has 0 spiro atoms. The minimum absolute atomic E-state index is 0.286. The Morgan fingerprint density at radius 2 is 1.81 bits per heavy atom. The van der Waals surface area contributed by atoms with Gasteiger partial charge in [-0.2, -0.15) is 0 Å². The Bertz CT molecular complexity index is 1310. The third kappa shape index (κ3) is 5.61. The Balaban J connectivity index is 1.92. The smallest absolute Gasteiger partial charge is 0.327 e. The molecule has 1 N–H and O–H groups in total. The number of halogens is 1. The molecule has 0 radical (unpaired) electrons. The summed E-state index contributed by atoms with van der Waals surface area (Å²) in [6.45, 7) is -0.323. The number of aliphatic carboxylic acids is 1. The number of thiophene rings is 1. The van der Waals surface area contributed by atoms with Gasteiger partial charge in [0.25, 0.3) is 0 Å². The van der Waals surface area contributed by atoms with Crippen molar-refractivity contribution in [1.82, 2.24) is 4.90 Å². The van der Waals surface area contributed by atoms with E-state index in [1.54, 1.807) is 48.6 Å². The van der Waals surface area contributed by atoms with Gasteiger partial charge in [-0.25, -0.2) is 4.79 Å². The van der Waals surface area contributed by atoms with Crippen molar-refractivity contribution in [1.29, 1.82) is 0 Å². The number of rotatable bonds is 9. The lowest BCUT2D eigenvalue weighted by molar-refractivity contribution is -0.151. The van der Waals surface area contributed by atoms with Crippen LogP contribution in [0.25, 0.3) is 6.08 Å². The Hall–Kier alpha value is -3.46. The van der Waals surface area contributed by atoms with Gasteiger partial charge in [0, 0.05) is 13.0 Å². The summed E-state index contributed by atoms with van der Waals surface area (Å²) in [6.07, 6.45) is 3.53. The predicted molar refractivity (Wildman–Crippen MR) is 142 cm³/mol. The SMILES string of the molecule is COCC(=O)N1C(C=Cc2ccccc2)C(C(=O)c2ccc(Cl)s2)C(c2cccc(OC)c2)C1C(=O)O. The van der Waals surface area contributed by atoms with E-state index in [9.17, 15) is 19.5 Å². The molecular formula is C28H26ClNO6S. The number of benzene rings is 2. The maximum atomic E-state index is 14.0. The number of hydrogen-bond donors (Lipinski definition) is 1. The van der Waals surface area contributed by atoms with E-state index in [0.717, 1.165) is 16.9 Å². The van der Waals surface area contributed by atoms with Crippen LogP contribution in [0.2, 0.25) is 4.34 Å². The summed E-state index contributed by atoms with van der Waals surface area (Å²) >= 11 is 7.27. The van der Waals surface area contributed by atoms with Gasteiger partial charge in [-0.1, -0.05) is 66.2 Å². The number of carbonyl (C=O) groups excluding carboxylic acids is 2. The molecule has 2 aromatic carbocycles. The highest BCUT2D eigenvalue weighted by Crippen LogP contribution is 2.46. The monoisotopic (exact) mass is 539 g/mol. The molecule has 3 aromatic rings. The van der Waals surface area contributed by atoms with E-state index in [2.05, 4.69) is 0 Å². The predicted octanol–water partition coefficient (Wildman–Crippen LogP) is 5.02. The summed E-state index contributed by atoms with van der Waals surface area (Å²) in [5.74, 6) is -3.26. The van der Waals surface area contributed by atoms with Crippen LogP contribution in [0.1, 0.15) is 26.7 Å². The van der Waals surface area contributed by atoms with Gasteiger partial charge in [0.2, 0.25) is 5.91 Å². The van der Waals surface area contributed by atoms with Gasteiger partial charge in [-0.15, -0.1) is 11.3 Å². The molecule has 1 saturated heterocycles. The zero-order valence-electron chi connectivity index (χ0n) is 20.2. The Kier molecular flexibility index (Phi) is 8.43. The lowest BCUT2D eigenvalue weighted by atomic mass is 9.78. The van der Waals surface area contributed by atoms with Crippen LogP contribution in [0.5, 0.6) is 5.75 Å². The van der Waals surface area contributed by atoms with Crippen LogP contribution in [0.3, 0.4) is 0 Å². The van der Waals surface area contributed by atoms with Gasteiger partial charge in [0.1, 0.15) is 18.4 Å². The van der Waals surface area contributed by atoms with E-state index in [1.807, 2.05) is 30.3 Å². The first-order valence-corrected chi connectivity index (χ1v) is 12.7. The number of hydrogen-bond acceptors (Lipinski definition) is 6. The van der Waals surface area contributed by atoms with E-state index >= 15 is 0 Å². The van der Waals surface area contributed by atoms with E-state index in [0.29, 0.717) is 20.5 Å². The highest BCUT2D eigenvalue weighted by molar-refractivity contribution is 7.18. The molecule has 4 unspecified atom stereocenters. The molecule has 4 atom stereocenters. The van der Waals surface area contributed by atoms with Crippen molar-refractivity contribution in [3.63, 3.8) is 0 Å². The van der Waals surface area contributed by atoms with E-state index < -0.39 is 35.8 Å². The minimum Gasteiger partial charge on any atom is -0.497 e. The molecule has 1 aliphatic heterocycles. The molecule has 9 heteroatoms. The minimum atomic E-state index is -1.32. The van der Waals surface area contributed by atoms with Crippen LogP contribution in [-0.2, 0) is 14.3 Å². The molecule has 4 rings (SSSR count). The second-order valence-corrected chi connectivity index (χ2v) is 10.3. The average molecular weight is 540 g/mol. The van der Waals surface area contributed by atoms with Gasteiger partial charge in [0.15, 0.2) is 5.78 Å². The second kappa shape index (κ2) is 11.7. The van der Waals surface area contributed by atoms with Crippen molar-refractivity contribution in [2.24, 2.45) is 5.92 Å². The third-order valence-corrected chi connectivity index (χ3v) is 7.65. The summed E-state index contributed by atoms with van der Waals surface area (Å²) in [7, 11) is 2.88. The number of carboxylic acids is 1. The molecule has 1 aromatic heterocycles. The van der Waals surface area contributed by atoms with Crippen LogP contribution < -0.4 is 4.74 Å². The molecule has 1 amide bonds. The molecular weight excluding hydrogens is 514 g/mol. The molecule has 0 saturated carbocycles. The summed E-state index contributed by atoms with van der Waals surface area (Å²) < 4.78 is 10.9. The first kappa shape index (κ1) is 26.6. The second-order valence-electron chi connectivity index (χ2n) is 8.57. The summed E-state index contributed by atoms with van der Waals surface area (Å²) in [6, 6.07) is 17.4. The zero-order valence-corrected chi connectivity index (χ0v) is 21.8. The third-order valence-electron chi connectivity index (χ3n) is 6.41. The maximum Gasteiger partial charge on any atom is 0.327 e. The molecule has 7 nitrogen and oxygen atoms in total. The first-order valence-electron chi connectivity index (χ1n) is 11.6. The summed E-state index contributed by atoms with van der Waals surface area (Å²) in [5.41, 5.74) is 1.43. The van der Waals surface area contributed by atoms with Gasteiger partial charge in [-0.05, 0) is 35.4 Å². The van der Waals surface area contributed by atoms with E-state index in [4.69, 9.17) is 21.1 Å². The van der Waals surface area contributed by atoms with Crippen LogP contribution in [0.4, 0.5) is 0 Å². The number of amides is 1. The molecule has 37 heavy (non-hydrogen) atoms. The van der Waals surface area contributed by atoms with Crippen molar-refractivity contribution >= 4 is 46.7 Å². The number of Topliss-reactive ketones (excluding diaryl/α,β-unsaturated/α-hetero) is 1. The van der Waals surface area contributed by atoms with Gasteiger partial charge < -0.3 is 19.5 Å². The van der Waals surface area contributed by atoms with Gasteiger partial charge in [-0.3, -0.25) is 9.59 Å². The van der Waals surface area contributed by atoms with Gasteiger partial charge >= 0.3 is 5.97 Å². The summed E-state index contributed by atoms with van der Waals surface area (Å²) in [4.78, 5) is 41.8. The molecule has 0 bridgehead atoms. The van der Waals surface area contributed by atoms with Crippen molar-refractivity contribution < 1.29 is 29.0 Å². The van der Waals surface area contributed by atoms with Crippen LogP contribution >= 0.6 is 22.9 Å². The van der Waals surface area contributed by atoms with Crippen LogP contribution in [0.15, 0.2) is 72.8 Å². The molecule has 1 aliphatic rings. The van der Waals surface area contributed by atoms with E-state index in [1.165, 1.54) is 19.1 Å². The molecule has 0 aliphatic carbocycles. The van der Waals surface area contributed by atoms with Crippen LogP contribution in [0, 0.1) is 5.92 Å². The Labute approximate surface area is 223 Å². The van der Waals surface area contributed by atoms with Crippen LogP contribution in [-0.4, -0.2) is 60.6 Å². The number of carboxylic acid groups (broad SMARTS) is 1. The van der Waals surface area contributed by atoms with Crippen molar-refractivity contribution in [2.45, 2.75) is 18.0 Å². The lowest BCUT2D eigenvalue weighted by Gasteiger charge is -2.28. The summed E-state index contributed by atoms with van der Waals surface area (Å²) in [5, 5.41) is 10.4. The zero-order chi connectivity index (χ0) is 26.5. The number of ketones is 1. The largest absolute Gasteiger partial charge is 0.497 e. The van der Waals surface area contributed by atoms with E-state index in [-0.39, 0.29) is 12.4 Å². The first-order chi connectivity index (χ1) is 17.8. The average Bonchev–Trinajstić information content (AvgIpc) is 3.49. The Morgan fingerprint density at radius 1 is 1.05 bits per heavy atom. The van der Waals surface area contributed by atoms with Gasteiger partial charge in [0.05, 0.1) is 28.3 Å². The Morgan fingerprint density at radius 3 is 2.43 bits per heavy atom. The van der Waals surface area contributed by atoms with Crippen molar-refractivity contribution in [3.8, 4) is 5.75 Å². The lowest BCUT2D eigenvalue weighted by Crippen LogP contribution is -2.47. The molecule has 1 fully saturated rings. The topological polar surface area (TPSA) is 93.1 Å². The fraction of sp³-hybridized carbons (Fsp3) is 0.250.